The van der Waals surface area contributed by atoms with Crippen molar-refractivity contribution in [2.24, 2.45) is 0 Å². The van der Waals surface area contributed by atoms with Gasteiger partial charge in [-0.05, 0) is 31.6 Å². The minimum Gasteiger partial charge on any atom is -0.301 e. The standard InChI is InChI=1S/C12H24N2S/c15-11-3-6-13-7-9-14(10-8-13)12-4-1-2-5-12/h12,15H,1-11H2. The molecule has 2 fully saturated rings. The largest absolute Gasteiger partial charge is 0.301 e. The van der Waals surface area contributed by atoms with Crippen LogP contribution in [0.15, 0.2) is 0 Å². The van der Waals surface area contributed by atoms with Crippen LogP contribution in [0.2, 0.25) is 0 Å². The Morgan fingerprint density at radius 1 is 1.00 bits per heavy atom. The maximum atomic E-state index is 4.27. The zero-order chi connectivity index (χ0) is 10.5. The lowest BCUT2D eigenvalue weighted by atomic mass is 10.2. The van der Waals surface area contributed by atoms with Gasteiger partial charge in [0.05, 0.1) is 0 Å². The molecule has 0 aromatic heterocycles. The summed E-state index contributed by atoms with van der Waals surface area (Å²) in [5, 5.41) is 0. The van der Waals surface area contributed by atoms with Crippen LogP contribution in [0, 0.1) is 0 Å². The van der Waals surface area contributed by atoms with Crippen molar-refractivity contribution in [2.45, 2.75) is 38.1 Å². The van der Waals surface area contributed by atoms with Gasteiger partial charge < -0.3 is 4.90 Å². The molecular weight excluding hydrogens is 204 g/mol. The summed E-state index contributed by atoms with van der Waals surface area (Å²) >= 11 is 4.27. The van der Waals surface area contributed by atoms with Crippen molar-refractivity contribution in [1.82, 2.24) is 9.80 Å². The highest BCUT2D eigenvalue weighted by Crippen LogP contribution is 2.24. The van der Waals surface area contributed by atoms with Crippen molar-refractivity contribution in [1.29, 1.82) is 0 Å². The van der Waals surface area contributed by atoms with E-state index in [1.807, 2.05) is 0 Å². The number of piperazine rings is 1. The predicted molar refractivity (Wildman–Crippen MR) is 68.7 cm³/mol. The molecular formula is C12H24N2S. The summed E-state index contributed by atoms with van der Waals surface area (Å²) in [6.45, 7) is 6.42. The van der Waals surface area contributed by atoms with E-state index in [9.17, 15) is 0 Å². The van der Waals surface area contributed by atoms with Gasteiger partial charge in [-0.2, -0.15) is 12.6 Å². The zero-order valence-electron chi connectivity index (χ0n) is 9.70. The average Bonchev–Trinajstić information content (AvgIpc) is 2.80. The van der Waals surface area contributed by atoms with Crippen LogP contribution in [0.3, 0.4) is 0 Å². The van der Waals surface area contributed by atoms with Gasteiger partial charge in [0.15, 0.2) is 0 Å². The third-order valence-corrected chi connectivity index (χ3v) is 4.20. The van der Waals surface area contributed by atoms with Gasteiger partial charge in [-0.25, -0.2) is 0 Å². The van der Waals surface area contributed by atoms with E-state index >= 15 is 0 Å². The van der Waals surface area contributed by atoms with Gasteiger partial charge >= 0.3 is 0 Å². The molecule has 1 heterocycles. The van der Waals surface area contributed by atoms with Crippen molar-refractivity contribution in [2.75, 3.05) is 38.5 Å². The average molecular weight is 228 g/mol. The quantitative estimate of drug-likeness (QED) is 0.734. The van der Waals surface area contributed by atoms with Gasteiger partial charge in [0, 0.05) is 32.2 Å². The van der Waals surface area contributed by atoms with Crippen LogP contribution in [-0.4, -0.2) is 54.3 Å². The molecule has 0 unspecified atom stereocenters. The van der Waals surface area contributed by atoms with Gasteiger partial charge in [-0.15, -0.1) is 0 Å². The van der Waals surface area contributed by atoms with Crippen LogP contribution in [0.25, 0.3) is 0 Å². The van der Waals surface area contributed by atoms with E-state index < -0.39 is 0 Å². The van der Waals surface area contributed by atoms with Gasteiger partial charge in [0.1, 0.15) is 0 Å². The molecule has 1 aliphatic heterocycles. The van der Waals surface area contributed by atoms with E-state index in [2.05, 4.69) is 22.4 Å². The van der Waals surface area contributed by atoms with Crippen molar-refractivity contribution < 1.29 is 0 Å². The molecule has 2 aliphatic rings. The number of rotatable bonds is 4. The van der Waals surface area contributed by atoms with Crippen LogP contribution in [-0.2, 0) is 0 Å². The van der Waals surface area contributed by atoms with E-state index in [0.29, 0.717) is 0 Å². The molecule has 1 aliphatic carbocycles. The van der Waals surface area contributed by atoms with E-state index in [0.717, 1.165) is 11.8 Å². The van der Waals surface area contributed by atoms with Crippen molar-refractivity contribution in [3.63, 3.8) is 0 Å². The van der Waals surface area contributed by atoms with Gasteiger partial charge in [0.25, 0.3) is 0 Å². The van der Waals surface area contributed by atoms with Crippen LogP contribution >= 0.6 is 12.6 Å². The minimum absolute atomic E-state index is 0.928. The summed E-state index contributed by atoms with van der Waals surface area (Å²) in [6, 6.07) is 0.928. The van der Waals surface area contributed by atoms with E-state index in [4.69, 9.17) is 0 Å². The van der Waals surface area contributed by atoms with Crippen LogP contribution < -0.4 is 0 Å². The second-order valence-electron chi connectivity index (χ2n) is 4.89. The fraction of sp³-hybridized carbons (Fsp3) is 1.00. The maximum Gasteiger partial charge on any atom is 0.0113 e. The molecule has 0 aromatic carbocycles. The molecule has 0 N–H and O–H groups in total. The molecule has 0 atom stereocenters. The molecule has 2 nitrogen and oxygen atoms in total. The molecule has 0 aromatic rings. The summed E-state index contributed by atoms with van der Waals surface area (Å²) < 4.78 is 0. The molecule has 15 heavy (non-hydrogen) atoms. The van der Waals surface area contributed by atoms with Gasteiger partial charge in [-0.1, -0.05) is 12.8 Å². The van der Waals surface area contributed by atoms with Gasteiger partial charge in [-0.3, -0.25) is 4.90 Å². The monoisotopic (exact) mass is 228 g/mol. The summed E-state index contributed by atoms with van der Waals surface area (Å²) in [6.07, 6.45) is 7.08. The first kappa shape index (κ1) is 11.7. The summed E-state index contributed by atoms with van der Waals surface area (Å²) in [5.74, 6) is 1.03. The Morgan fingerprint density at radius 2 is 1.67 bits per heavy atom. The molecule has 0 spiro atoms. The SMILES string of the molecule is SCCCN1CCN(C2CCCC2)CC1. The Labute approximate surface area is 99.4 Å². The zero-order valence-corrected chi connectivity index (χ0v) is 10.6. The highest BCUT2D eigenvalue weighted by Gasteiger charge is 2.25. The molecule has 88 valence electrons. The Kier molecular flexibility index (Phi) is 4.79. The number of nitrogens with zero attached hydrogens (tertiary/aromatic N) is 2. The van der Waals surface area contributed by atoms with Crippen molar-refractivity contribution >= 4 is 12.6 Å². The fourth-order valence-electron chi connectivity index (χ4n) is 2.92. The van der Waals surface area contributed by atoms with Crippen LogP contribution in [0.4, 0.5) is 0 Å². The van der Waals surface area contributed by atoms with Crippen molar-refractivity contribution in [3.05, 3.63) is 0 Å². The van der Waals surface area contributed by atoms with Crippen LogP contribution in [0.5, 0.6) is 0 Å². The Balaban J connectivity index is 1.67. The second-order valence-corrected chi connectivity index (χ2v) is 5.34. The van der Waals surface area contributed by atoms with Crippen LogP contribution in [0.1, 0.15) is 32.1 Å². The van der Waals surface area contributed by atoms with Crippen molar-refractivity contribution in [3.8, 4) is 0 Å². The summed E-state index contributed by atoms with van der Waals surface area (Å²) in [7, 11) is 0. The summed E-state index contributed by atoms with van der Waals surface area (Å²) in [5.41, 5.74) is 0. The van der Waals surface area contributed by atoms with E-state index in [-0.39, 0.29) is 0 Å². The molecule has 0 bridgehead atoms. The molecule has 0 radical (unpaired) electrons. The lowest BCUT2D eigenvalue weighted by molar-refractivity contribution is 0.0982. The third kappa shape index (κ3) is 3.36. The minimum atomic E-state index is 0.928. The highest BCUT2D eigenvalue weighted by molar-refractivity contribution is 7.80. The van der Waals surface area contributed by atoms with E-state index in [1.54, 1.807) is 0 Å². The van der Waals surface area contributed by atoms with E-state index in [1.165, 1.54) is 64.8 Å². The number of hydrogen-bond donors (Lipinski definition) is 1. The Morgan fingerprint density at radius 3 is 2.27 bits per heavy atom. The highest BCUT2D eigenvalue weighted by atomic mass is 32.1. The first-order chi connectivity index (χ1) is 7.40. The topological polar surface area (TPSA) is 6.48 Å². The molecule has 0 amide bonds. The first-order valence-corrected chi connectivity index (χ1v) is 7.10. The summed E-state index contributed by atoms with van der Waals surface area (Å²) in [4.78, 5) is 5.33. The molecule has 1 saturated heterocycles. The normalized spacial score (nSPS) is 26.2. The molecule has 3 heteroatoms. The number of hydrogen-bond acceptors (Lipinski definition) is 3. The van der Waals surface area contributed by atoms with Gasteiger partial charge in [0.2, 0.25) is 0 Å². The maximum absolute atomic E-state index is 4.27. The Hall–Kier alpha value is 0.270. The second kappa shape index (κ2) is 6.12. The Bertz CT molecular complexity index is 172. The molecule has 2 rings (SSSR count). The fourth-order valence-corrected chi connectivity index (χ4v) is 3.06. The lowest BCUT2D eigenvalue weighted by Gasteiger charge is -2.38. The number of thiol groups is 1. The third-order valence-electron chi connectivity index (χ3n) is 3.88. The first-order valence-electron chi connectivity index (χ1n) is 6.47. The lowest BCUT2D eigenvalue weighted by Crippen LogP contribution is -2.49. The molecule has 1 saturated carbocycles. The smallest absolute Gasteiger partial charge is 0.0113 e. The predicted octanol–water partition coefficient (Wildman–Crippen LogP) is 1.87.